The lowest BCUT2D eigenvalue weighted by Crippen LogP contribution is -2.50. The number of hydrogen-bond donors (Lipinski definition) is 2. The minimum Gasteiger partial charge on any atom is -0.352 e. The molecular weight excluding hydrogens is 236 g/mol. The molecule has 1 aliphatic heterocycles. The predicted octanol–water partition coefficient (Wildman–Crippen LogP) is 2.10. The van der Waals surface area contributed by atoms with E-state index in [2.05, 4.69) is 24.5 Å². The van der Waals surface area contributed by atoms with Crippen molar-refractivity contribution < 1.29 is 4.79 Å². The summed E-state index contributed by atoms with van der Waals surface area (Å²) in [5, 5.41) is 6.52. The Labute approximate surface area is 111 Å². The summed E-state index contributed by atoms with van der Waals surface area (Å²) in [6.07, 6.45) is 5.56. The number of amides is 1. The van der Waals surface area contributed by atoms with Crippen molar-refractivity contribution in [2.75, 3.05) is 13.1 Å². The van der Waals surface area contributed by atoms with Gasteiger partial charge in [0.2, 0.25) is 5.91 Å². The Bertz CT molecular complexity index is 258. The first-order valence-corrected chi connectivity index (χ1v) is 6.64. The zero-order valence-corrected chi connectivity index (χ0v) is 11.7. The molecule has 1 saturated heterocycles. The second kappa shape index (κ2) is 6.05. The second-order valence-corrected chi connectivity index (χ2v) is 5.90. The van der Waals surface area contributed by atoms with Crippen LogP contribution in [0.2, 0.25) is 0 Å². The summed E-state index contributed by atoms with van der Waals surface area (Å²) in [7, 11) is 0. The molecule has 0 bridgehead atoms. The number of nitrogens with one attached hydrogen (secondary N) is 2. The maximum absolute atomic E-state index is 12.3. The van der Waals surface area contributed by atoms with Gasteiger partial charge in [-0.3, -0.25) is 4.79 Å². The molecule has 100 valence electrons. The molecule has 2 N–H and O–H groups in total. The van der Waals surface area contributed by atoms with Crippen LogP contribution < -0.4 is 10.6 Å². The van der Waals surface area contributed by atoms with E-state index in [0.717, 1.165) is 38.8 Å². The SMILES string of the molecule is CC(C)CC1(C(=O)NC2CCNC2)CCC1.Cl. The molecule has 4 heteroatoms. The first-order valence-electron chi connectivity index (χ1n) is 6.64. The van der Waals surface area contributed by atoms with Crippen molar-refractivity contribution in [2.24, 2.45) is 11.3 Å². The predicted molar refractivity (Wildman–Crippen MR) is 72.4 cm³/mol. The van der Waals surface area contributed by atoms with Gasteiger partial charge in [0.25, 0.3) is 0 Å². The minimum absolute atomic E-state index is 0. The van der Waals surface area contributed by atoms with E-state index >= 15 is 0 Å². The first kappa shape index (κ1) is 14.8. The third-order valence-corrected chi connectivity index (χ3v) is 3.99. The van der Waals surface area contributed by atoms with E-state index in [1.165, 1.54) is 6.42 Å². The zero-order valence-electron chi connectivity index (χ0n) is 10.9. The fourth-order valence-electron chi connectivity index (χ4n) is 3.03. The Morgan fingerprint density at radius 3 is 2.59 bits per heavy atom. The molecule has 2 fully saturated rings. The average Bonchev–Trinajstić information content (AvgIpc) is 2.63. The van der Waals surface area contributed by atoms with Gasteiger partial charge in [-0.05, 0) is 38.1 Å². The Morgan fingerprint density at radius 2 is 2.18 bits per heavy atom. The molecule has 0 spiro atoms. The number of rotatable bonds is 4. The van der Waals surface area contributed by atoms with E-state index in [9.17, 15) is 4.79 Å². The summed E-state index contributed by atoms with van der Waals surface area (Å²) >= 11 is 0. The van der Waals surface area contributed by atoms with E-state index in [0.29, 0.717) is 17.9 Å². The van der Waals surface area contributed by atoms with Crippen LogP contribution >= 0.6 is 12.4 Å². The summed E-state index contributed by atoms with van der Waals surface area (Å²) in [4.78, 5) is 12.3. The molecule has 0 aromatic carbocycles. The molecule has 1 atom stereocenters. The molecule has 2 aliphatic rings. The van der Waals surface area contributed by atoms with E-state index < -0.39 is 0 Å². The van der Waals surface area contributed by atoms with Gasteiger partial charge < -0.3 is 10.6 Å². The number of carbonyl (C=O) groups excluding carboxylic acids is 1. The lowest BCUT2D eigenvalue weighted by atomic mass is 9.64. The van der Waals surface area contributed by atoms with Crippen molar-refractivity contribution in [3.63, 3.8) is 0 Å². The van der Waals surface area contributed by atoms with Crippen LogP contribution in [0.25, 0.3) is 0 Å². The summed E-state index contributed by atoms with van der Waals surface area (Å²) < 4.78 is 0. The fraction of sp³-hybridized carbons (Fsp3) is 0.923. The van der Waals surface area contributed by atoms with Crippen LogP contribution in [-0.2, 0) is 4.79 Å². The van der Waals surface area contributed by atoms with Crippen LogP contribution in [0.5, 0.6) is 0 Å². The Hall–Kier alpha value is -0.280. The van der Waals surface area contributed by atoms with Gasteiger partial charge >= 0.3 is 0 Å². The van der Waals surface area contributed by atoms with E-state index in [1.54, 1.807) is 0 Å². The number of carbonyl (C=O) groups is 1. The third kappa shape index (κ3) is 3.35. The lowest BCUT2D eigenvalue weighted by Gasteiger charge is -2.42. The molecule has 2 rings (SSSR count). The molecule has 1 aliphatic carbocycles. The van der Waals surface area contributed by atoms with Crippen LogP contribution in [0, 0.1) is 11.3 Å². The zero-order chi connectivity index (χ0) is 11.6. The highest BCUT2D eigenvalue weighted by atomic mass is 35.5. The second-order valence-electron chi connectivity index (χ2n) is 5.90. The van der Waals surface area contributed by atoms with Crippen LogP contribution in [-0.4, -0.2) is 25.0 Å². The molecule has 0 aromatic rings. The Morgan fingerprint density at radius 1 is 1.47 bits per heavy atom. The van der Waals surface area contributed by atoms with E-state index in [4.69, 9.17) is 0 Å². The van der Waals surface area contributed by atoms with Crippen LogP contribution in [0.1, 0.15) is 46.0 Å². The quantitative estimate of drug-likeness (QED) is 0.813. The summed E-state index contributed by atoms with van der Waals surface area (Å²) in [6.45, 7) is 6.42. The lowest BCUT2D eigenvalue weighted by molar-refractivity contribution is -0.138. The summed E-state index contributed by atoms with van der Waals surface area (Å²) in [5.74, 6) is 0.939. The molecule has 3 nitrogen and oxygen atoms in total. The molecule has 0 aromatic heterocycles. The molecule has 1 amide bonds. The highest BCUT2D eigenvalue weighted by molar-refractivity contribution is 5.85. The number of halogens is 1. The maximum atomic E-state index is 12.3. The van der Waals surface area contributed by atoms with Crippen LogP contribution in [0.15, 0.2) is 0 Å². The molecule has 17 heavy (non-hydrogen) atoms. The molecular formula is C13H25ClN2O. The van der Waals surface area contributed by atoms with Crippen molar-refractivity contribution in [3.05, 3.63) is 0 Å². The van der Waals surface area contributed by atoms with Gasteiger partial charge in [-0.25, -0.2) is 0 Å². The molecule has 1 saturated carbocycles. The largest absolute Gasteiger partial charge is 0.352 e. The first-order chi connectivity index (χ1) is 7.62. The smallest absolute Gasteiger partial charge is 0.226 e. The maximum Gasteiger partial charge on any atom is 0.226 e. The molecule has 1 heterocycles. The normalized spacial score (nSPS) is 26.2. The van der Waals surface area contributed by atoms with Crippen molar-refractivity contribution >= 4 is 18.3 Å². The van der Waals surface area contributed by atoms with Crippen molar-refractivity contribution in [3.8, 4) is 0 Å². The van der Waals surface area contributed by atoms with Gasteiger partial charge in [-0.2, -0.15) is 0 Å². The standard InChI is InChI=1S/C13H24N2O.ClH/c1-10(2)8-13(5-3-6-13)12(16)15-11-4-7-14-9-11;/h10-11,14H,3-9H2,1-2H3,(H,15,16);1H. The Kier molecular flexibility index (Phi) is 5.26. The minimum atomic E-state index is -0.0171. The summed E-state index contributed by atoms with van der Waals surface area (Å²) in [5.41, 5.74) is -0.0171. The number of hydrogen-bond acceptors (Lipinski definition) is 2. The van der Waals surface area contributed by atoms with Gasteiger partial charge in [-0.15, -0.1) is 12.4 Å². The Balaban J connectivity index is 0.00000144. The fourth-order valence-corrected chi connectivity index (χ4v) is 3.03. The van der Waals surface area contributed by atoms with Crippen LogP contribution in [0.3, 0.4) is 0 Å². The summed E-state index contributed by atoms with van der Waals surface area (Å²) in [6, 6.07) is 0.372. The van der Waals surface area contributed by atoms with Gasteiger partial charge in [0.15, 0.2) is 0 Å². The monoisotopic (exact) mass is 260 g/mol. The third-order valence-electron chi connectivity index (χ3n) is 3.99. The van der Waals surface area contributed by atoms with E-state index in [1.807, 2.05) is 0 Å². The van der Waals surface area contributed by atoms with Crippen molar-refractivity contribution in [2.45, 2.75) is 52.0 Å². The van der Waals surface area contributed by atoms with Gasteiger partial charge in [-0.1, -0.05) is 20.3 Å². The van der Waals surface area contributed by atoms with Gasteiger partial charge in [0.05, 0.1) is 0 Å². The molecule has 0 radical (unpaired) electrons. The van der Waals surface area contributed by atoms with Crippen LogP contribution in [0.4, 0.5) is 0 Å². The van der Waals surface area contributed by atoms with Gasteiger partial charge in [0, 0.05) is 18.0 Å². The van der Waals surface area contributed by atoms with Crippen molar-refractivity contribution in [1.82, 2.24) is 10.6 Å². The van der Waals surface area contributed by atoms with Crippen molar-refractivity contribution in [1.29, 1.82) is 0 Å². The highest BCUT2D eigenvalue weighted by Gasteiger charge is 2.44. The topological polar surface area (TPSA) is 41.1 Å². The molecule has 1 unspecified atom stereocenters. The van der Waals surface area contributed by atoms with Gasteiger partial charge in [0.1, 0.15) is 0 Å². The average molecular weight is 261 g/mol. The highest BCUT2D eigenvalue weighted by Crippen LogP contribution is 2.46. The van der Waals surface area contributed by atoms with E-state index in [-0.39, 0.29) is 17.8 Å².